The minimum absolute atomic E-state index is 0.140. The van der Waals surface area contributed by atoms with Gasteiger partial charge in [0.25, 0.3) is 5.91 Å². The van der Waals surface area contributed by atoms with Crippen LogP contribution in [0.2, 0.25) is 0 Å². The van der Waals surface area contributed by atoms with Crippen molar-refractivity contribution < 1.29 is 19.1 Å². The lowest BCUT2D eigenvalue weighted by Gasteiger charge is -2.15. The molecule has 0 aliphatic carbocycles. The van der Waals surface area contributed by atoms with Gasteiger partial charge >= 0.3 is 5.97 Å². The monoisotopic (exact) mass is 288 g/mol. The van der Waals surface area contributed by atoms with Crippen molar-refractivity contribution in [1.29, 1.82) is 0 Å². The third kappa shape index (κ3) is 4.99. The maximum atomic E-state index is 12.0. The first-order chi connectivity index (χ1) is 9.97. The van der Waals surface area contributed by atoms with Crippen LogP contribution in [0.4, 0.5) is 0 Å². The number of benzene rings is 1. The lowest BCUT2D eigenvalue weighted by atomic mass is 10.1. The molecular formula is C15H16N2O4. The van der Waals surface area contributed by atoms with E-state index in [0.29, 0.717) is 11.1 Å². The van der Waals surface area contributed by atoms with Gasteiger partial charge in [-0.25, -0.2) is 4.79 Å². The first-order valence-electron chi connectivity index (χ1n) is 6.30. The van der Waals surface area contributed by atoms with Gasteiger partial charge in [-0.1, -0.05) is 5.92 Å². The molecule has 1 aromatic rings. The predicted octanol–water partition coefficient (Wildman–Crippen LogP) is 0.205. The molecule has 0 unspecified atom stereocenters. The van der Waals surface area contributed by atoms with Gasteiger partial charge in [-0.2, -0.15) is 0 Å². The molecule has 0 spiro atoms. The van der Waals surface area contributed by atoms with Crippen molar-refractivity contribution in [2.75, 3.05) is 6.61 Å². The largest absolute Gasteiger partial charge is 0.464 e. The Morgan fingerprint density at radius 2 is 1.95 bits per heavy atom. The third-order valence-corrected chi connectivity index (χ3v) is 2.60. The van der Waals surface area contributed by atoms with Crippen LogP contribution in [0.15, 0.2) is 24.3 Å². The van der Waals surface area contributed by atoms with E-state index in [-0.39, 0.29) is 13.0 Å². The summed E-state index contributed by atoms with van der Waals surface area (Å²) < 4.78 is 4.79. The number of esters is 1. The smallest absolute Gasteiger partial charge is 0.329 e. The number of carbonyl (C=O) groups excluding carboxylic acids is 3. The number of nitrogens with two attached hydrogens (primary N) is 1. The third-order valence-electron chi connectivity index (χ3n) is 2.60. The normalized spacial score (nSPS) is 11.0. The molecule has 2 amide bonds. The van der Waals surface area contributed by atoms with E-state index in [4.69, 9.17) is 16.9 Å². The standard InChI is InChI=1S/C15H16N2O4/c1-3-10-5-7-11(8-6-10)14(19)17-12(9-13(16)18)15(20)21-4-2/h1,5-8,12H,4,9H2,2H3,(H2,16,18)(H,17,19)/t12-/m0/s1. The minimum atomic E-state index is -1.11. The van der Waals surface area contributed by atoms with E-state index in [1.807, 2.05) is 0 Å². The highest BCUT2D eigenvalue weighted by molar-refractivity contribution is 5.97. The number of rotatable bonds is 6. The molecule has 0 saturated heterocycles. The number of hydrogen-bond donors (Lipinski definition) is 2. The number of carbonyl (C=O) groups is 3. The molecule has 0 bridgehead atoms. The maximum absolute atomic E-state index is 12.0. The van der Waals surface area contributed by atoms with Crippen molar-refractivity contribution in [3.63, 3.8) is 0 Å². The zero-order chi connectivity index (χ0) is 15.8. The Balaban J connectivity index is 2.81. The fourth-order valence-corrected chi connectivity index (χ4v) is 1.60. The van der Waals surface area contributed by atoms with Gasteiger partial charge in [-0.15, -0.1) is 6.42 Å². The molecule has 1 rings (SSSR count). The lowest BCUT2D eigenvalue weighted by molar-refractivity contribution is -0.146. The van der Waals surface area contributed by atoms with Crippen LogP contribution in [-0.4, -0.2) is 30.4 Å². The van der Waals surface area contributed by atoms with E-state index in [0.717, 1.165) is 0 Å². The fourth-order valence-electron chi connectivity index (χ4n) is 1.60. The Bertz CT molecular complexity index is 572. The second-order valence-electron chi connectivity index (χ2n) is 4.17. The van der Waals surface area contributed by atoms with E-state index in [2.05, 4.69) is 11.2 Å². The average molecular weight is 288 g/mol. The van der Waals surface area contributed by atoms with Crippen LogP contribution < -0.4 is 11.1 Å². The van der Waals surface area contributed by atoms with E-state index >= 15 is 0 Å². The zero-order valence-electron chi connectivity index (χ0n) is 11.6. The van der Waals surface area contributed by atoms with E-state index in [1.54, 1.807) is 19.1 Å². The summed E-state index contributed by atoms with van der Waals surface area (Å²) in [7, 11) is 0. The molecule has 1 atom stereocenters. The number of hydrogen-bond acceptors (Lipinski definition) is 4. The van der Waals surface area contributed by atoms with Crippen LogP contribution in [0.1, 0.15) is 29.3 Å². The summed E-state index contributed by atoms with van der Waals surface area (Å²) in [6.07, 6.45) is 4.90. The maximum Gasteiger partial charge on any atom is 0.329 e. The molecule has 0 heterocycles. The van der Waals surface area contributed by atoms with Crippen molar-refractivity contribution in [3.8, 4) is 12.3 Å². The van der Waals surface area contributed by atoms with Crippen molar-refractivity contribution in [3.05, 3.63) is 35.4 Å². The molecule has 0 aliphatic rings. The second-order valence-corrected chi connectivity index (χ2v) is 4.17. The Morgan fingerprint density at radius 1 is 1.33 bits per heavy atom. The van der Waals surface area contributed by atoms with Gasteiger partial charge in [0.05, 0.1) is 13.0 Å². The zero-order valence-corrected chi connectivity index (χ0v) is 11.6. The summed E-state index contributed by atoms with van der Waals surface area (Å²) >= 11 is 0. The molecule has 6 nitrogen and oxygen atoms in total. The molecule has 0 fully saturated rings. The number of ether oxygens (including phenoxy) is 1. The SMILES string of the molecule is C#Cc1ccc(C(=O)N[C@@H](CC(N)=O)C(=O)OCC)cc1. The average Bonchev–Trinajstić information content (AvgIpc) is 2.46. The van der Waals surface area contributed by atoms with Crippen LogP contribution in [0.5, 0.6) is 0 Å². The van der Waals surface area contributed by atoms with Crippen LogP contribution in [0.25, 0.3) is 0 Å². The summed E-state index contributed by atoms with van der Waals surface area (Å²) in [5, 5.41) is 2.42. The summed E-state index contributed by atoms with van der Waals surface area (Å²) in [5.41, 5.74) is 6.00. The Labute approximate surface area is 122 Å². The minimum Gasteiger partial charge on any atom is -0.464 e. The van der Waals surface area contributed by atoms with E-state index < -0.39 is 23.8 Å². The van der Waals surface area contributed by atoms with Gasteiger partial charge in [0.1, 0.15) is 6.04 Å². The molecule has 0 aromatic heterocycles. The van der Waals surface area contributed by atoms with Gasteiger partial charge in [0, 0.05) is 11.1 Å². The van der Waals surface area contributed by atoms with E-state index in [1.165, 1.54) is 12.1 Å². The van der Waals surface area contributed by atoms with Gasteiger partial charge in [0.15, 0.2) is 0 Å². The predicted molar refractivity (Wildman–Crippen MR) is 76.1 cm³/mol. The molecule has 6 heteroatoms. The van der Waals surface area contributed by atoms with Crippen molar-refractivity contribution >= 4 is 17.8 Å². The highest BCUT2D eigenvalue weighted by Crippen LogP contribution is 2.05. The molecule has 0 saturated carbocycles. The van der Waals surface area contributed by atoms with Crippen LogP contribution in [-0.2, 0) is 14.3 Å². The molecule has 1 aromatic carbocycles. The molecular weight excluding hydrogens is 272 g/mol. The lowest BCUT2D eigenvalue weighted by Crippen LogP contribution is -2.44. The number of nitrogens with one attached hydrogen (secondary N) is 1. The Kier molecular flexibility index (Phi) is 5.96. The Morgan fingerprint density at radius 3 is 2.43 bits per heavy atom. The number of primary amides is 1. The molecule has 0 aliphatic heterocycles. The molecule has 110 valence electrons. The van der Waals surface area contributed by atoms with Gasteiger partial charge in [-0.3, -0.25) is 9.59 Å². The topological polar surface area (TPSA) is 98.5 Å². The highest BCUT2D eigenvalue weighted by Gasteiger charge is 2.24. The fraction of sp³-hybridized carbons (Fsp3) is 0.267. The number of amides is 2. The second kappa shape index (κ2) is 7.70. The van der Waals surface area contributed by atoms with Gasteiger partial charge < -0.3 is 15.8 Å². The van der Waals surface area contributed by atoms with Gasteiger partial charge in [-0.05, 0) is 31.2 Å². The van der Waals surface area contributed by atoms with Crippen molar-refractivity contribution in [2.24, 2.45) is 5.73 Å². The molecule has 0 radical (unpaired) electrons. The van der Waals surface area contributed by atoms with Gasteiger partial charge in [0.2, 0.25) is 5.91 Å². The summed E-state index contributed by atoms with van der Waals surface area (Å²) in [6.45, 7) is 1.76. The van der Waals surface area contributed by atoms with Crippen LogP contribution >= 0.6 is 0 Å². The van der Waals surface area contributed by atoms with Crippen molar-refractivity contribution in [1.82, 2.24) is 5.32 Å². The summed E-state index contributed by atoms with van der Waals surface area (Å²) in [5.74, 6) is 0.496. The van der Waals surface area contributed by atoms with Crippen LogP contribution in [0, 0.1) is 12.3 Å². The quantitative estimate of drug-likeness (QED) is 0.577. The Hall–Kier alpha value is -2.81. The molecule has 21 heavy (non-hydrogen) atoms. The van der Waals surface area contributed by atoms with Crippen LogP contribution in [0.3, 0.4) is 0 Å². The number of terminal acetylenes is 1. The van der Waals surface area contributed by atoms with Crippen molar-refractivity contribution in [2.45, 2.75) is 19.4 Å². The summed E-state index contributed by atoms with van der Waals surface area (Å²) in [4.78, 5) is 34.7. The highest BCUT2D eigenvalue weighted by atomic mass is 16.5. The summed E-state index contributed by atoms with van der Waals surface area (Å²) in [6, 6.07) is 5.14. The molecule has 3 N–H and O–H groups in total. The first-order valence-corrected chi connectivity index (χ1v) is 6.30. The van der Waals surface area contributed by atoms with E-state index in [9.17, 15) is 14.4 Å². The first kappa shape index (κ1) is 16.2.